The van der Waals surface area contributed by atoms with Gasteiger partial charge < -0.3 is 10.2 Å². The fourth-order valence-electron chi connectivity index (χ4n) is 7.79. The maximum absolute atomic E-state index is 13.2. The molecule has 0 aliphatic heterocycles. The molecule has 0 heterocycles. The highest BCUT2D eigenvalue weighted by atomic mass is 16.3. The molecule has 1 unspecified atom stereocenters. The molecule has 136 valence electrons. The number of fused-ring (bicyclic) bond motifs is 5. The number of carbonyl (C=O) groups excluding carboxylic acids is 1. The van der Waals surface area contributed by atoms with Gasteiger partial charge in [0.15, 0.2) is 0 Å². The highest BCUT2D eigenvalue weighted by Crippen LogP contribution is 2.66. The second-order valence-corrected chi connectivity index (χ2v) is 9.85. The molecule has 3 heteroatoms. The van der Waals surface area contributed by atoms with Crippen LogP contribution in [0.2, 0.25) is 0 Å². The van der Waals surface area contributed by atoms with Crippen LogP contribution in [0.25, 0.3) is 0 Å². The number of aliphatic hydroxyl groups excluding tert-OH is 2. The molecule has 3 nitrogen and oxygen atoms in total. The molecule has 4 rings (SSSR count). The normalized spacial score (nSPS) is 57.2. The first-order valence-corrected chi connectivity index (χ1v) is 10.2. The van der Waals surface area contributed by atoms with Crippen LogP contribution >= 0.6 is 0 Å². The van der Waals surface area contributed by atoms with Gasteiger partial charge in [0.2, 0.25) is 0 Å². The summed E-state index contributed by atoms with van der Waals surface area (Å²) in [5.41, 5.74) is 0.0950. The summed E-state index contributed by atoms with van der Waals surface area (Å²) < 4.78 is 0. The minimum absolute atomic E-state index is 0.0307. The van der Waals surface area contributed by atoms with Crippen LogP contribution in [0.4, 0.5) is 0 Å². The van der Waals surface area contributed by atoms with Crippen LogP contribution in [0.5, 0.6) is 0 Å². The van der Waals surface area contributed by atoms with Crippen molar-refractivity contribution in [1.29, 1.82) is 0 Å². The predicted octanol–water partition coefficient (Wildman–Crippen LogP) is 3.57. The molecule has 0 radical (unpaired) electrons. The van der Waals surface area contributed by atoms with Crippen molar-refractivity contribution in [3.8, 4) is 0 Å². The first-order chi connectivity index (χ1) is 11.3. The lowest BCUT2D eigenvalue weighted by Gasteiger charge is -2.61. The summed E-state index contributed by atoms with van der Waals surface area (Å²) in [7, 11) is 0. The Bertz CT molecular complexity index is 531. The predicted molar refractivity (Wildman–Crippen MR) is 93.3 cm³/mol. The van der Waals surface area contributed by atoms with Gasteiger partial charge in [0.25, 0.3) is 0 Å². The third-order valence-corrected chi connectivity index (χ3v) is 9.10. The maximum Gasteiger partial charge on any atom is 0.137 e. The molecule has 4 aliphatic carbocycles. The Labute approximate surface area is 146 Å². The first-order valence-electron chi connectivity index (χ1n) is 10.2. The van der Waals surface area contributed by atoms with Gasteiger partial charge in [-0.2, -0.15) is 0 Å². The second-order valence-electron chi connectivity index (χ2n) is 9.85. The lowest BCUT2D eigenvalue weighted by atomic mass is 9.43. The van der Waals surface area contributed by atoms with Gasteiger partial charge in [0.1, 0.15) is 5.78 Å². The van der Waals surface area contributed by atoms with Crippen LogP contribution in [-0.4, -0.2) is 28.2 Å². The molecule has 4 saturated carbocycles. The Hall–Kier alpha value is -0.410. The van der Waals surface area contributed by atoms with Crippen molar-refractivity contribution in [3.05, 3.63) is 0 Å². The minimum atomic E-state index is -0.296. The van der Waals surface area contributed by atoms with Gasteiger partial charge >= 0.3 is 0 Å². The number of carbonyl (C=O) groups is 1. The van der Waals surface area contributed by atoms with Crippen molar-refractivity contribution >= 4 is 5.78 Å². The largest absolute Gasteiger partial charge is 0.393 e. The molecule has 2 N–H and O–H groups in total. The Morgan fingerprint density at radius 1 is 1.00 bits per heavy atom. The van der Waals surface area contributed by atoms with Crippen LogP contribution in [0.3, 0.4) is 0 Å². The molecule has 24 heavy (non-hydrogen) atoms. The van der Waals surface area contributed by atoms with Crippen LogP contribution in [0.15, 0.2) is 0 Å². The standard InChI is InChI=1S/C21H34O3/c1-4-12-16(22)8-10-21(3)15-7-9-20(2)14(5-6-18(20)24)13(15)11-17(23)19(12)21/h12-16,18-19,22,24H,4-11H2,1-3H3/t12-,13-,14-,15-,16-,18-,19?,20-,21+/m0/s1. The van der Waals surface area contributed by atoms with E-state index in [0.717, 1.165) is 44.9 Å². The quantitative estimate of drug-likeness (QED) is 0.771. The van der Waals surface area contributed by atoms with E-state index in [1.165, 1.54) is 0 Å². The zero-order valence-corrected chi connectivity index (χ0v) is 15.5. The molecule has 9 atom stereocenters. The average Bonchev–Trinajstić information content (AvgIpc) is 2.84. The minimum Gasteiger partial charge on any atom is -0.393 e. The Morgan fingerprint density at radius 3 is 2.38 bits per heavy atom. The van der Waals surface area contributed by atoms with E-state index in [4.69, 9.17) is 0 Å². The van der Waals surface area contributed by atoms with Crippen molar-refractivity contribution in [2.75, 3.05) is 0 Å². The molecule has 0 aromatic carbocycles. The van der Waals surface area contributed by atoms with E-state index in [-0.39, 0.29) is 34.9 Å². The van der Waals surface area contributed by atoms with E-state index in [2.05, 4.69) is 20.8 Å². The van der Waals surface area contributed by atoms with Gasteiger partial charge in [-0.1, -0.05) is 27.2 Å². The zero-order chi connectivity index (χ0) is 17.3. The molecule has 4 fully saturated rings. The van der Waals surface area contributed by atoms with Crippen molar-refractivity contribution in [1.82, 2.24) is 0 Å². The summed E-state index contributed by atoms with van der Waals surface area (Å²) in [6.45, 7) is 6.75. The van der Waals surface area contributed by atoms with E-state index in [1.54, 1.807) is 0 Å². The first kappa shape index (κ1) is 17.0. The molecule has 0 aromatic heterocycles. The number of Topliss-reactive ketones (excluding diaryl/α,β-unsaturated/α-hetero) is 1. The fraction of sp³-hybridized carbons (Fsp3) is 0.952. The van der Waals surface area contributed by atoms with E-state index in [9.17, 15) is 15.0 Å². The van der Waals surface area contributed by atoms with Crippen molar-refractivity contribution in [3.63, 3.8) is 0 Å². The van der Waals surface area contributed by atoms with E-state index in [1.807, 2.05) is 0 Å². The molecule has 0 amide bonds. The third-order valence-electron chi connectivity index (χ3n) is 9.10. The molecule has 0 spiro atoms. The molecule has 4 aliphatic rings. The molecule has 0 bridgehead atoms. The van der Waals surface area contributed by atoms with E-state index < -0.39 is 0 Å². The van der Waals surface area contributed by atoms with Crippen LogP contribution in [0, 0.1) is 40.4 Å². The van der Waals surface area contributed by atoms with Crippen molar-refractivity contribution in [2.24, 2.45) is 40.4 Å². The summed E-state index contributed by atoms with van der Waals surface area (Å²) in [6, 6.07) is 0. The topological polar surface area (TPSA) is 57.5 Å². The van der Waals surface area contributed by atoms with Crippen LogP contribution in [-0.2, 0) is 4.79 Å². The number of ketones is 1. The smallest absolute Gasteiger partial charge is 0.137 e. The van der Waals surface area contributed by atoms with E-state index in [0.29, 0.717) is 30.0 Å². The number of hydrogen-bond acceptors (Lipinski definition) is 3. The SMILES string of the molecule is CC[C@@H]1C2C(=O)C[C@H]3[C@@H]4CC[C@H](O)[C@@]4(C)CC[C@@H]3[C@@]2(C)CC[C@@H]1O. The van der Waals surface area contributed by atoms with Crippen molar-refractivity contribution in [2.45, 2.75) is 84.3 Å². The lowest BCUT2D eigenvalue weighted by Crippen LogP contribution is -2.60. The van der Waals surface area contributed by atoms with E-state index >= 15 is 0 Å². The summed E-state index contributed by atoms with van der Waals surface area (Å²) in [5, 5.41) is 21.0. The van der Waals surface area contributed by atoms with Crippen molar-refractivity contribution < 1.29 is 15.0 Å². The summed E-state index contributed by atoms with van der Waals surface area (Å²) in [6.07, 6.45) is 7.24. The van der Waals surface area contributed by atoms with Gasteiger partial charge in [-0.15, -0.1) is 0 Å². The Morgan fingerprint density at radius 2 is 1.67 bits per heavy atom. The Kier molecular flexibility index (Phi) is 3.93. The zero-order valence-electron chi connectivity index (χ0n) is 15.5. The average molecular weight is 335 g/mol. The second kappa shape index (κ2) is 5.54. The third kappa shape index (κ3) is 2.06. The molecule has 0 saturated heterocycles. The van der Waals surface area contributed by atoms with Gasteiger partial charge in [0.05, 0.1) is 12.2 Å². The maximum atomic E-state index is 13.2. The Balaban J connectivity index is 1.70. The summed E-state index contributed by atoms with van der Waals surface area (Å²) in [5.74, 6) is 2.20. The molecule has 0 aromatic rings. The lowest BCUT2D eigenvalue weighted by molar-refractivity contribution is -0.172. The summed E-state index contributed by atoms with van der Waals surface area (Å²) >= 11 is 0. The highest BCUT2D eigenvalue weighted by Gasteiger charge is 2.63. The van der Waals surface area contributed by atoms with Crippen LogP contribution in [0.1, 0.15) is 72.1 Å². The van der Waals surface area contributed by atoms with Gasteiger partial charge in [-0.25, -0.2) is 0 Å². The monoisotopic (exact) mass is 334 g/mol. The number of aliphatic hydroxyl groups is 2. The fourth-order valence-corrected chi connectivity index (χ4v) is 7.79. The number of rotatable bonds is 1. The number of hydrogen-bond donors (Lipinski definition) is 2. The van der Waals surface area contributed by atoms with Crippen LogP contribution < -0.4 is 0 Å². The van der Waals surface area contributed by atoms with Gasteiger partial charge in [0, 0.05) is 12.3 Å². The molecular formula is C21H34O3. The summed E-state index contributed by atoms with van der Waals surface area (Å²) in [4.78, 5) is 13.2. The molecular weight excluding hydrogens is 300 g/mol. The van der Waals surface area contributed by atoms with Gasteiger partial charge in [-0.3, -0.25) is 4.79 Å². The van der Waals surface area contributed by atoms with Gasteiger partial charge in [-0.05, 0) is 73.0 Å². The highest BCUT2D eigenvalue weighted by molar-refractivity contribution is 5.83.